The van der Waals surface area contributed by atoms with Gasteiger partial charge in [0.25, 0.3) is 0 Å². The number of hydrogen-bond donors (Lipinski definition) is 2. The number of alkyl halides is 3. The molecule has 10 heteroatoms. The number of hydrogen-bond acceptors (Lipinski definition) is 6. The van der Waals surface area contributed by atoms with Crippen LogP contribution in [-0.4, -0.2) is 24.7 Å². The number of halogens is 3. The van der Waals surface area contributed by atoms with E-state index in [4.69, 9.17) is 11.5 Å². The molecule has 4 rings (SSSR count). The van der Waals surface area contributed by atoms with Crippen molar-refractivity contribution in [2.75, 3.05) is 11.5 Å². The predicted molar refractivity (Wildman–Crippen MR) is 103 cm³/mol. The van der Waals surface area contributed by atoms with Crippen LogP contribution in [-0.2, 0) is 12.7 Å². The van der Waals surface area contributed by atoms with Crippen LogP contribution in [0, 0.1) is 6.92 Å². The van der Waals surface area contributed by atoms with Crippen molar-refractivity contribution in [2.45, 2.75) is 19.6 Å². The Balaban J connectivity index is 1.79. The van der Waals surface area contributed by atoms with Gasteiger partial charge >= 0.3 is 6.18 Å². The Bertz CT molecular complexity index is 1210. The molecule has 148 valence electrons. The molecule has 0 amide bonds. The van der Waals surface area contributed by atoms with Gasteiger partial charge in [0, 0.05) is 11.9 Å². The summed E-state index contributed by atoms with van der Waals surface area (Å²) >= 11 is 0. The topological polar surface area (TPSA) is 109 Å². The Labute approximate surface area is 163 Å². The van der Waals surface area contributed by atoms with Crippen molar-refractivity contribution in [3.63, 3.8) is 0 Å². The van der Waals surface area contributed by atoms with Gasteiger partial charge in [-0.15, -0.1) is 0 Å². The summed E-state index contributed by atoms with van der Waals surface area (Å²) in [4.78, 5) is 12.8. The third-order valence-corrected chi connectivity index (χ3v) is 4.43. The van der Waals surface area contributed by atoms with Crippen molar-refractivity contribution in [2.24, 2.45) is 0 Å². The fourth-order valence-electron chi connectivity index (χ4n) is 3.07. The van der Waals surface area contributed by atoms with Crippen molar-refractivity contribution < 1.29 is 13.2 Å². The first-order chi connectivity index (χ1) is 13.7. The molecular weight excluding hydrogens is 383 g/mol. The third-order valence-electron chi connectivity index (χ3n) is 4.43. The Hall–Kier alpha value is -3.69. The van der Waals surface area contributed by atoms with Crippen molar-refractivity contribution in [3.05, 3.63) is 59.4 Å². The highest BCUT2D eigenvalue weighted by atomic mass is 19.4. The van der Waals surface area contributed by atoms with Crippen LogP contribution < -0.4 is 11.5 Å². The second-order valence-electron chi connectivity index (χ2n) is 6.61. The van der Waals surface area contributed by atoms with Crippen LogP contribution in [0.4, 0.5) is 24.8 Å². The van der Waals surface area contributed by atoms with Gasteiger partial charge in [0.15, 0.2) is 5.65 Å². The largest absolute Gasteiger partial charge is 0.418 e. The maximum absolute atomic E-state index is 13.1. The van der Waals surface area contributed by atoms with Crippen LogP contribution in [0.3, 0.4) is 0 Å². The fraction of sp³-hybridized carbons (Fsp3) is 0.158. The van der Waals surface area contributed by atoms with Crippen molar-refractivity contribution in [1.82, 2.24) is 24.7 Å². The molecule has 0 atom stereocenters. The smallest absolute Gasteiger partial charge is 0.398 e. The monoisotopic (exact) mass is 399 g/mol. The van der Waals surface area contributed by atoms with Gasteiger partial charge in [-0.25, -0.2) is 9.67 Å². The van der Waals surface area contributed by atoms with E-state index in [1.165, 1.54) is 16.8 Å². The molecule has 3 heterocycles. The lowest BCUT2D eigenvalue weighted by molar-refractivity contribution is -0.136. The predicted octanol–water partition coefficient (Wildman–Crippen LogP) is 3.43. The van der Waals surface area contributed by atoms with Crippen LogP contribution in [0.15, 0.2) is 42.7 Å². The molecule has 0 spiro atoms. The molecule has 7 nitrogen and oxygen atoms in total. The molecule has 0 aliphatic carbocycles. The highest BCUT2D eigenvalue weighted by Crippen LogP contribution is 2.34. The lowest BCUT2D eigenvalue weighted by Gasteiger charge is -2.12. The average molecular weight is 399 g/mol. The molecule has 4 N–H and O–H groups in total. The summed E-state index contributed by atoms with van der Waals surface area (Å²) in [5, 5.41) is 4.87. The summed E-state index contributed by atoms with van der Waals surface area (Å²) in [6.45, 7) is 1.99. The van der Waals surface area contributed by atoms with Crippen molar-refractivity contribution in [1.29, 1.82) is 0 Å². The summed E-state index contributed by atoms with van der Waals surface area (Å²) in [6, 6.07) is 7.47. The average Bonchev–Trinajstić information content (AvgIpc) is 3.04. The Morgan fingerprint density at radius 3 is 2.59 bits per heavy atom. The summed E-state index contributed by atoms with van der Waals surface area (Å²) in [6.07, 6.45) is -1.33. The molecule has 0 unspecified atom stereocenters. The second-order valence-corrected chi connectivity index (χ2v) is 6.61. The van der Waals surface area contributed by atoms with Crippen LogP contribution >= 0.6 is 0 Å². The van der Waals surface area contributed by atoms with Crippen LogP contribution in [0.1, 0.15) is 16.7 Å². The standard InChI is InChI=1S/C19H16F3N7/c1-10-4-5-25-15(6-10)16-12-8-26-29(17(12)28-18(24)27-16)9-11-2-3-14(23)13(7-11)19(20,21)22/h2-8H,9,23H2,1H3,(H2,24,27,28). The molecule has 0 aliphatic heterocycles. The molecule has 0 radical (unpaired) electrons. The van der Waals surface area contributed by atoms with Gasteiger partial charge in [0.05, 0.1) is 29.4 Å². The molecule has 0 saturated carbocycles. The van der Waals surface area contributed by atoms with E-state index >= 15 is 0 Å². The van der Waals surface area contributed by atoms with Crippen molar-refractivity contribution in [3.8, 4) is 11.4 Å². The molecule has 1 aromatic carbocycles. The maximum Gasteiger partial charge on any atom is 0.418 e. The van der Waals surface area contributed by atoms with E-state index in [0.717, 1.165) is 11.6 Å². The van der Waals surface area contributed by atoms with E-state index in [1.807, 2.05) is 19.1 Å². The summed E-state index contributed by atoms with van der Waals surface area (Å²) < 4.78 is 40.9. The third kappa shape index (κ3) is 3.56. The molecule has 0 bridgehead atoms. The number of aromatic nitrogens is 5. The first-order valence-corrected chi connectivity index (χ1v) is 8.60. The maximum atomic E-state index is 13.1. The van der Waals surface area contributed by atoms with Gasteiger partial charge in [0.2, 0.25) is 5.95 Å². The van der Waals surface area contributed by atoms with Gasteiger partial charge in [0.1, 0.15) is 5.69 Å². The van der Waals surface area contributed by atoms with E-state index in [-0.39, 0.29) is 18.2 Å². The molecular formula is C19H16F3N7. The minimum absolute atomic E-state index is 0.0193. The number of nitrogens with two attached hydrogens (primary N) is 2. The second kappa shape index (κ2) is 6.73. The van der Waals surface area contributed by atoms with E-state index in [0.29, 0.717) is 28.0 Å². The Kier molecular flexibility index (Phi) is 4.33. The number of fused-ring (bicyclic) bond motifs is 1. The van der Waals surface area contributed by atoms with Crippen molar-refractivity contribution >= 4 is 22.7 Å². The van der Waals surface area contributed by atoms with E-state index in [1.54, 1.807) is 12.4 Å². The summed E-state index contributed by atoms with van der Waals surface area (Å²) in [7, 11) is 0. The minimum Gasteiger partial charge on any atom is -0.398 e. The van der Waals surface area contributed by atoms with Gasteiger partial charge < -0.3 is 11.5 Å². The normalized spacial score (nSPS) is 11.9. The number of rotatable bonds is 3. The van der Waals surface area contributed by atoms with Gasteiger partial charge in [-0.2, -0.15) is 23.3 Å². The lowest BCUT2D eigenvalue weighted by Crippen LogP contribution is -2.11. The zero-order chi connectivity index (χ0) is 20.8. The van der Waals surface area contributed by atoms with Gasteiger partial charge in [-0.3, -0.25) is 4.98 Å². The van der Waals surface area contributed by atoms with Gasteiger partial charge in [-0.1, -0.05) is 6.07 Å². The van der Waals surface area contributed by atoms with Gasteiger partial charge in [-0.05, 0) is 42.3 Å². The molecule has 0 fully saturated rings. The highest BCUT2D eigenvalue weighted by molar-refractivity contribution is 5.90. The quantitative estimate of drug-likeness (QED) is 0.511. The number of pyridine rings is 1. The van der Waals surface area contributed by atoms with E-state index in [2.05, 4.69) is 20.1 Å². The molecule has 0 aliphatic rings. The zero-order valence-electron chi connectivity index (χ0n) is 15.3. The summed E-state index contributed by atoms with van der Waals surface area (Å²) in [5.41, 5.74) is 13.0. The van der Waals surface area contributed by atoms with E-state index < -0.39 is 11.7 Å². The van der Waals surface area contributed by atoms with E-state index in [9.17, 15) is 13.2 Å². The number of nitrogen functional groups attached to an aromatic ring is 2. The molecule has 0 saturated heterocycles. The number of aryl methyl sites for hydroxylation is 1. The summed E-state index contributed by atoms with van der Waals surface area (Å²) in [5.74, 6) is 0.0193. The molecule has 4 aromatic rings. The van der Waals surface area contributed by atoms with Crippen LogP contribution in [0.5, 0.6) is 0 Å². The SMILES string of the molecule is Cc1ccnc(-c2nc(N)nc3c2cnn3Cc2ccc(N)c(C(F)(F)F)c2)c1. The molecule has 29 heavy (non-hydrogen) atoms. The Morgan fingerprint density at radius 2 is 1.86 bits per heavy atom. The first kappa shape index (κ1) is 18.7. The number of anilines is 2. The number of nitrogens with zero attached hydrogens (tertiary/aromatic N) is 5. The lowest BCUT2D eigenvalue weighted by atomic mass is 10.1. The zero-order valence-corrected chi connectivity index (χ0v) is 15.3. The van der Waals surface area contributed by atoms with Crippen LogP contribution in [0.2, 0.25) is 0 Å². The minimum atomic E-state index is -4.54. The highest BCUT2D eigenvalue weighted by Gasteiger charge is 2.33. The first-order valence-electron chi connectivity index (χ1n) is 8.60. The Morgan fingerprint density at radius 1 is 1.07 bits per heavy atom. The molecule has 3 aromatic heterocycles. The van der Waals surface area contributed by atoms with Crippen LogP contribution in [0.25, 0.3) is 22.4 Å². The fourth-order valence-corrected chi connectivity index (χ4v) is 3.07. The number of benzene rings is 1.